The summed E-state index contributed by atoms with van der Waals surface area (Å²) in [5.74, 6) is -0.802. The maximum atomic E-state index is 12.7. The normalized spacial score (nSPS) is 13.8. The number of carbonyl (C=O) groups is 2. The summed E-state index contributed by atoms with van der Waals surface area (Å²) in [7, 11) is 1.48. The smallest absolute Gasteiger partial charge is 0.462 e. The maximum Gasteiger partial charge on any atom is 0.472 e. The number of likely N-dealkylation sites (N-methyl/N-ethyl adjacent to an activating group) is 1. The SMILES string of the molecule is CCCCC/C=C/C/C=C/CCCCCCCCCC(=O)OC[C@H](COP(=O)(O)OCC[N+](C)(C)C)OC(=O)CCCCCCCCCCCCCCC. The van der Waals surface area contributed by atoms with Gasteiger partial charge in [-0.1, -0.05) is 160 Å². The molecule has 0 aromatic rings. The Morgan fingerprint density at radius 2 is 1.00 bits per heavy atom. The molecular formula is C44H85NO8P+. The standard InChI is InChI=1S/C44H84NO8P/c1-6-8-10-12-14-16-18-20-21-22-23-25-26-28-30-32-34-36-43(46)50-40-42(41-52-54(48,49)51-39-38-45(3,4)5)53-44(47)37-35-33-31-29-27-24-19-17-15-13-11-9-7-2/h14,16,20-21,42H,6-13,15,17-19,22-41H2,1-5H3/p+1/b16-14+,21-20+/t42-/m1/s1. The molecule has 0 radical (unpaired) electrons. The Morgan fingerprint density at radius 1 is 0.574 bits per heavy atom. The van der Waals surface area contributed by atoms with Crippen molar-refractivity contribution in [1.29, 1.82) is 0 Å². The summed E-state index contributed by atoms with van der Waals surface area (Å²) in [5.41, 5.74) is 0. The van der Waals surface area contributed by atoms with Crippen LogP contribution in [-0.4, -0.2) is 74.9 Å². The van der Waals surface area contributed by atoms with Crippen LogP contribution in [0.25, 0.3) is 0 Å². The van der Waals surface area contributed by atoms with Gasteiger partial charge >= 0.3 is 19.8 Å². The van der Waals surface area contributed by atoms with Crippen molar-refractivity contribution >= 4 is 19.8 Å². The first-order chi connectivity index (χ1) is 26.0. The second-order valence-corrected chi connectivity index (χ2v) is 17.5. The zero-order valence-electron chi connectivity index (χ0n) is 35.7. The molecule has 2 atom stereocenters. The van der Waals surface area contributed by atoms with Gasteiger partial charge in [-0.05, 0) is 44.9 Å². The highest BCUT2D eigenvalue weighted by Crippen LogP contribution is 2.43. The molecule has 54 heavy (non-hydrogen) atoms. The lowest BCUT2D eigenvalue weighted by molar-refractivity contribution is -0.870. The number of esters is 2. The highest BCUT2D eigenvalue weighted by Gasteiger charge is 2.27. The molecular weight excluding hydrogens is 701 g/mol. The summed E-state index contributed by atoms with van der Waals surface area (Å²) in [6, 6.07) is 0. The van der Waals surface area contributed by atoms with E-state index in [4.69, 9.17) is 18.5 Å². The van der Waals surface area contributed by atoms with Crippen molar-refractivity contribution < 1.29 is 42.1 Å². The number of nitrogens with zero attached hydrogens (tertiary/aromatic N) is 1. The van der Waals surface area contributed by atoms with Crippen LogP contribution in [0.4, 0.5) is 0 Å². The Labute approximate surface area is 332 Å². The number of hydrogen-bond acceptors (Lipinski definition) is 7. The molecule has 0 rings (SSSR count). The number of carbonyl (C=O) groups excluding carboxylic acids is 2. The number of hydrogen-bond donors (Lipinski definition) is 1. The van der Waals surface area contributed by atoms with Crippen LogP contribution < -0.4 is 0 Å². The quantitative estimate of drug-likeness (QED) is 0.0215. The third kappa shape index (κ3) is 40.2. The fourth-order valence-corrected chi connectivity index (χ4v) is 6.73. The molecule has 318 valence electrons. The van der Waals surface area contributed by atoms with Crippen molar-refractivity contribution in [2.75, 3.05) is 47.5 Å². The summed E-state index contributed by atoms with van der Waals surface area (Å²) in [6.45, 7) is 4.40. The largest absolute Gasteiger partial charge is 0.472 e. The molecule has 1 N–H and O–H groups in total. The van der Waals surface area contributed by atoms with E-state index in [1.807, 2.05) is 21.1 Å². The number of unbranched alkanes of at least 4 members (excludes halogenated alkanes) is 22. The van der Waals surface area contributed by atoms with Crippen molar-refractivity contribution in [2.45, 2.75) is 200 Å². The van der Waals surface area contributed by atoms with Crippen LogP contribution in [0.15, 0.2) is 24.3 Å². The van der Waals surface area contributed by atoms with Gasteiger partial charge in [0, 0.05) is 12.8 Å². The number of quaternary nitrogens is 1. The van der Waals surface area contributed by atoms with Crippen molar-refractivity contribution in [2.24, 2.45) is 0 Å². The molecule has 10 heteroatoms. The minimum atomic E-state index is -4.37. The van der Waals surface area contributed by atoms with Gasteiger partial charge in [0.05, 0.1) is 27.7 Å². The van der Waals surface area contributed by atoms with Crippen LogP contribution >= 0.6 is 7.82 Å². The third-order valence-corrected chi connectivity index (χ3v) is 10.5. The van der Waals surface area contributed by atoms with Gasteiger partial charge < -0.3 is 18.9 Å². The molecule has 0 aliphatic carbocycles. The third-order valence-electron chi connectivity index (χ3n) is 9.48. The molecule has 0 bridgehead atoms. The van der Waals surface area contributed by atoms with Gasteiger partial charge in [-0.2, -0.15) is 0 Å². The fraction of sp³-hybridized carbons (Fsp3) is 0.864. The van der Waals surface area contributed by atoms with Crippen LogP contribution in [0, 0.1) is 0 Å². The van der Waals surface area contributed by atoms with Gasteiger partial charge in [-0.15, -0.1) is 0 Å². The topological polar surface area (TPSA) is 108 Å². The maximum absolute atomic E-state index is 12.7. The Morgan fingerprint density at radius 3 is 1.50 bits per heavy atom. The van der Waals surface area contributed by atoms with E-state index in [2.05, 4.69) is 38.2 Å². The molecule has 0 fully saturated rings. The number of ether oxygens (including phenoxy) is 2. The first-order valence-corrected chi connectivity index (χ1v) is 23.6. The van der Waals surface area contributed by atoms with E-state index in [9.17, 15) is 19.0 Å². The van der Waals surface area contributed by atoms with Crippen LogP contribution in [0.2, 0.25) is 0 Å². The molecule has 0 saturated carbocycles. The fourth-order valence-electron chi connectivity index (χ4n) is 5.99. The van der Waals surface area contributed by atoms with Crippen molar-refractivity contribution in [3.8, 4) is 0 Å². The van der Waals surface area contributed by atoms with Gasteiger partial charge in [0.25, 0.3) is 0 Å². The average molecular weight is 787 g/mol. The number of phosphoric acid groups is 1. The van der Waals surface area contributed by atoms with E-state index in [1.165, 1.54) is 109 Å². The number of allylic oxidation sites excluding steroid dienone is 4. The Bertz CT molecular complexity index is 980. The van der Waals surface area contributed by atoms with E-state index < -0.39 is 26.5 Å². The summed E-state index contributed by atoms with van der Waals surface area (Å²) in [4.78, 5) is 35.3. The second kappa shape index (κ2) is 37.1. The summed E-state index contributed by atoms with van der Waals surface area (Å²) >= 11 is 0. The molecule has 0 aromatic heterocycles. The highest BCUT2D eigenvalue weighted by molar-refractivity contribution is 7.47. The minimum Gasteiger partial charge on any atom is -0.462 e. The van der Waals surface area contributed by atoms with Crippen LogP contribution in [-0.2, 0) is 32.7 Å². The molecule has 9 nitrogen and oxygen atoms in total. The molecule has 0 saturated heterocycles. The van der Waals surface area contributed by atoms with Crippen molar-refractivity contribution in [3.63, 3.8) is 0 Å². The predicted octanol–water partition coefficient (Wildman–Crippen LogP) is 12.4. The van der Waals surface area contributed by atoms with Crippen molar-refractivity contribution in [3.05, 3.63) is 24.3 Å². The highest BCUT2D eigenvalue weighted by atomic mass is 31.2. The average Bonchev–Trinajstić information content (AvgIpc) is 3.12. The van der Waals surface area contributed by atoms with Gasteiger partial charge in [0.1, 0.15) is 19.8 Å². The van der Waals surface area contributed by atoms with E-state index in [0.29, 0.717) is 17.4 Å². The minimum absolute atomic E-state index is 0.0322. The number of phosphoric ester groups is 1. The lowest BCUT2D eigenvalue weighted by atomic mass is 10.0. The summed E-state index contributed by atoms with van der Waals surface area (Å²) in [5, 5.41) is 0. The molecule has 0 aromatic carbocycles. The predicted molar refractivity (Wildman–Crippen MR) is 224 cm³/mol. The van der Waals surface area contributed by atoms with E-state index in [1.54, 1.807) is 0 Å². The van der Waals surface area contributed by atoms with Gasteiger partial charge in [0.15, 0.2) is 6.10 Å². The molecule has 0 amide bonds. The van der Waals surface area contributed by atoms with Gasteiger partial charge in [0.2, 0.25) is 0 Å². The van der Waals surface area contributed by atoms with Crippen LogP contribution in [0.1, 0.15) is 194 Å². The number of rotatable bonds is 40. The van der Waals surface area contributed by atoms with E-state index >= 15 is 0 Å². The molecule has 0 aliphatic rings. The Balaban J connectivity index is 4.34. The summed E-state index contributed by atoms with van der Waals surface area (Å²) in [6.07, 6.45) is 39.3. The van der Waals surface area contributed by atoms with Crippen LogP contribution in [0.3, 0.4) is 0 Å². The first-order valence-electron chi connectivity index (χ1n) is 22.1. The zero-order chi connectivity index (χ0) is 40.0. The first kappa shape index (κ1) is 52.5. The van der Waals surface area contributed by atoms with Crippen molar-refractivity contribution in [1.82, 2.24) is 0 Å². The molecule has 0 heterocycles. The zero-order valence-corrected chi connectivity index (χ0v) is 36.6. The molecule has 0 aliphatic heterocycles. The summed E-state index contributed by atoms with van der Waals surface area (Å²) < 4.78 is 34.3. The van der Waals surface area contributed by atoms with E-state index in [-0.39, 0.29) is 32.0 Å². The van der Waals surface area contributed by atoms with Gasteiger partial charge in [-0.3, -0.25) is 18.6 Å². The lowest BCUT2D eigenvalue weighted by Crippen LogP contribution is -2.37. The monoisotopic (exact) mass is 787 g/mol. The Kier molecular flexibility index (Phi) is 36.1. The molecule has 1 unspecified atom stereocenters. The second-order valence-electron chi connectivity index (χ2n) is 16.1. The Hall–Kier alpha value is -1.51. The molecule has 0 spiro atoms. The van der Waals surface area contributed by atoms with E-state index in [0.717, 1.165) is 51.4 Å². The van der Waals surface area contributed by atoms with Gasteiger partial charge in [-0.25, -0.2) is 4.57 Å². The van der Waals surface area contributed by atoms with Crippen LogP contribution in [0.5, 0.6) is 0 Å². The lowest BCUT2D eigenvalue weighted by Gasteiger charge is -2.24.